The zero-order valence-electron chi connectivity index (χ0n) is 11.7. The van der Waals surface area contributed by atoms with Gasteiger partial charge in [0.1, 0.15) is 5.75 Å². The summed E-state index contributed by atoms with van der Waals surface area (Å²) < 4.78 is 11.3. The first-order valence-corrected chi connectivity index (χ1v) is 7.24. The van der Waals surface area contributed by atoms with Crippen molar-refractivity contribution in [3.05, 3.63) is 29.3 Å². The second-order valence-corrected chi connectivity index (χ2v) is 5.63. The number of benzene rings is 1. The molecule has 1 saturated heterocycles. The van der Waals surface area contributed by atoms with Gasteiger partial charge in [0.05, 0.1) is 25.2 Å². The lowest BCUT2D eigenvalue weighted by Gasteiger charge is -2.43. The fourth-order valence-electron chi connectivity index (χ4n) is 2.30. The molecule has 0 radical (unpaired) electrons. The second-order valence-electron chi connectivity index (χ2n) is 5.20. The minimum atomic E-state index is 0.145. The van der Waals surface area contributed by atoms with E-state index < -0.39 is 0 Å². The summed E-state index contributed by atoms with van der Waals surface area (Å²) in [5, 5.41) is 0.734. The Hall–Kier alpha value is -0.770. The van der Waals surface area contributed by atoms with E-state index in [4.69, 9.17) is 21.1 Å². The number of ether oxygens (including phenoxy) is 2. The number of hydrogen-bond donors (Lipinski definition) is 0. The number of hydrogen-bond acceptors (Lipinski definition) is 3. The van der Waals surface area contributed by atoms with Crippen LogP contribution in [0.1, 0.15) is 13.8 Å². The Morgan fingerprint density at radius 2 is 1.84 bits per heavy atom. The summed E-state index contributed by atoms with van der Waals surface area (Å²) in [6, 6.07) is 7.52. The molecule has 106 valence electrons. The standard InChI is InChI=1S/C15H22ClNO2/c1-3-17(4-2)9-15(10-18-11-15)12-19-14-7-5-13(16)6-8-14/h5-8H,3-4,9-12H2,1-2H3. The van der Waals surface area contributed by atoms with Crippen molar-refractivity contribution in [3.8, 4) is 5.75 Å². The molecule has 0 bridgehead atoms. The van der Waals surface area contributed by atoms with Crippen LogP contribution >= 0.6 is 11.6 Å². The van der Waals surface area contributed by atoms with Crippen molar-refractivity contribution >= 4 is 11.6 Å². The first kappa shape index (κ1) is 14.6. The fourth-order valence-corrected chi connectivity index (χ4v) is 2.43. The maximum absolute atomic E-state index is 5.89. The van der Waals surface area contributed by atoms with Gasteiger partial charge in [-0.15, -0.1) is 0 Å². The predicted octanol–water partition coefficient (Wildman–Crippen LogP) is 3.08. The quantitative estimate of drug-likeness (QED) is 0.768. The Kier molecular flexibility index (Phi) is 5.08. The Morgan fingerprint density at radius 3 is 2.32 bits per heavy atom. The Morgan fingerprint density at radius 1 is 1.21 bits per heavy atom. The zero-order valence-corrected chi connectivity index (χ0v) is 12.4. The largest absolute Gasteiger partial charge is 0.493 e. The molecular weight excluding hydrogens is 262 g/mol. The topological polar surface area (TPSA) is 21.7 Å². The van der Waals surface area contributed by atoms with Gasteiger partial charge in [0.25, 0.3) is 0 Å². The van der Waals surface area contributed by atoms with Crippen LogP contribution in [0.3, 0.4) is 0 Å². The minimum absolute atomic E-state index is 0.145. The lowest BCUT2D eigenvalue weighted by atomic mass is 9.86. The summed E-state index contributed by atoms with van der Waals surface area (Å²) in [7, 11) is 0. The van der Waals surface area contributed by atoms with Gasteiger partial charge in [-0.2, -0.15) is 0 Å². The Balaban J connectivity index is 1.89. The highest BCUT2D eigenvalue weighted by molar-refractivity contribution is 6.30. The van der Waals surface area contributed by atoms with E-state index in [0.29, 0.717) is 6.61 Å². The summed E-state index contributed by atoms with van der Waals surface area (Å²) in [6.45, 7) is 9.83. The van der Waals surface area contributed by atoms with E-state index in [-0.39, 0.29) is 5.41 Å². The van der Waals surface area contributed by atoms with Crippen LogP contribution in [0.2, 0.25) is 5.02 Å². The molecule has 1 aliphatic rings. The molecule has 0 aliphatic carbocycles. The monoisotopic (exact) mass is 283 g/mol. The summed E-state index contributed by atoms with van der Waals surface area (Å²) in [5.41, 5.74) is 0.145. The van der Waals surface area contributed by atoms with Crippen molar-refractivity contribution < 1.29 is 9.47 Å². The minimum Gasteiger partial charge on any atom is -0.493 e. The third-order valence-corrected chi connectivity index (χ3v) is 3.88. The van der Waals surface area contributed by atoms with E-state index in [2.05, 4.69) is 18.7 Å². The van der Waals surface area contributed by atoms with Crippen LogP contribution in [0.25, 0.3) is 0 Å². The van der Waals surface area contributed by atoms with Crippen LogP contribution in [0.5, 0.6) is 5.75 Å². The molecular formula is C15H22ClNO2. The molecule has 3 nitrogen and oxygen atoms in total. The molecule has 0 saturated carbocycles. The van der Waals surface area contributed by atoms with Gasteiger partial charge in [0.15, 0.2) is 0 Å². The molecule has 2 rings (SSSR count). The highest BCUT2D eigenvalue weighted by atomic mass is 35.5. The SMILES string of the molecule is CCN(CC)CC1(COc2ccc(Cl)cc2)COC1. The van der Waals surface area contributed by atoms with Crippen LogP contribution < -0.4 is 4.74 Å². The smallest absolute Gasteiger partial charge is 0.119 e. The maximum atomic E-state index is 5.89. The summed E-state index contributed by atoms with van der Waals surface area (Å²) in [4.78, 5) is 2.42. The molecule has 1 aromatic rings. The van der Waals surface area contributed by atoms with Crippen LogP contribution in [-0.2, 0) is 4.74 Å². The Labute approximate surface area is 120 Å². The molecule has 1 aliphatic heterocycles. The average Bonchev–Trinajstić information content (AvgIpc) is 2.39. The molecule has 0 spiro atoms. The molecule has 0 atom stereocenters. The average molecular weight is 284 g/mol. The van der Waals surface area contributed by atoms with Gasteiger partial charge in [-0.1, -0.05) is 25.4 Å². The van der Waals surface area contributed by atoms with Gasteiger partial charge in [-0.3, -0.25) is 0 Å². The zero-order chi connectivity index (χ0) is 13.7. The van der Waals surface area contributed by atoms with Gasteiger partial charge >= 0.3 is 0 Å². The summed E-state index contributed by atoms with van der Waals surface area (Å²) in [5.74, 6) is 0.871. The maximum Gasteiger partial charge on any atom is 0.119 e. The van der Waals surface area contributed by atoms with Crippen LogP contribution in [0.4, 0.5) is 0 Å². The highest BCUT2D eigenvalue weighted by Gasteiger charge is 2.40. The molecule has 4 heteroatoms. The van der Waals surface area contributed by atoms with E-state index >= 15 is 0 Å². The summed E-state index contributed by atoms with van der Waals surface area (Å²) >= 11 is 5.86. The molecule has 0 amide bonds. The normalized spacial score (nSPS) is 17.3. The summed E-state index contributed by atoms with van der Waals surface area (Å²) in [6.07, 6.45) is 0. The van der Waals surface area contributed by atoms with Crippen molar-refractivity contribution in [1.82, 2.24) is 4.90 Å². The molecule has 0 aromatic heterocycles. The van der Waals surface area contributed by atoms with Crippen molar-refractivity contribution in [1.29, 1.82) is 0 Å². The van der Waals surface area contributed by atoms with Crippen LogP contribution in [0.15, 0.2) is 24.3 Å². The van der Waals surface area contributed by atoms with Crippen molar-refractivity contribution in [2.75, 3.05) is 39.5 Å². The number of halogens is 1. The lowest BCUT2D eigenvalue weighted by molar-refractivity contribution is -0.143. The van der Waals surface area contributed by atoms with Gasteiger partial charge in [-0.05, 0) is 37.4 Å². The molecule has 1 heterocycles. The third-order valence-electron chi connectivity index (χ3n) is 3.63. The molecule has 0 unspecified atom stereocenters. The van der Waals surface area contributed by atoms with E-state index in [1.165, 1.54) is 0 Å². The number of nitrogens with zero attached hydrogens (tertiary/aromatic N) is 1. The predicted molar refractivity (Wildman–Crippen MR) is 78.0 cm³/mol. The van der Waals surface area contributed by atoms with E-state index in [1.54, 1.807) is 0 Å². The fraction of sp³-hybridized carbons (Fsp3) is 0.600. The van der Waals surface area contributed by atoms with E-state index in [0.717, 1.165) is 43.6 Å². The van der Waals surface area contributed by atoms with Crippen molar-refractivity contribution in [2.24, 2.45) is 5.41 Å². The van der Waals surface area contributed by atoms with Gasteiger partial charge < -0.3 is 14.4 Å². The molecule has 1 fully saturated rings. The first-order chi connectivity index (χ1) is 9.17. The molecule has 0 N–H and O–H groups in total. The second kappa shape index (κ2) is 6.60. The van der Waals surface area contributed by atoms with E-state index in [1.807, 2.05) is 24.3 Å². The Bertz CT molecular complexity index is 386. The van der Waals surface area contributed by atoms with Crippen molar-refractivity contribution in [3.63, 3.8) is 0 Å². The van der Waals surface area contributed by atoms with Gasteiger partial charge in [0.2, 0.25) is 0 Å². The van der Waals surface area contributed by atoms with Crippen molar-refractivity contribution in [2.45, 2.75) is 13.8 Å². The molecule has 19 heavy (non-hydrogen) atoms. The first-order valence-electron chi connectivity index (χ1n) is 6.86. The molecule has 1 aromatic carbocycles. The van der Waals surface area contributed by atoms with Gasteiger partial charge in [0, 0.05) is 11.6 Å². The van der Waals surface area contributed by atoms with E-state index in [9.17, 15) is 0 Å². The van der Waals surface area contributed by atoms with Crippen LogP contribution in [0, 0.1) is 5.41 Å². The van der Waals surface area contributed by atoms with Crippen LogP contribution in [-0.4, -0.2) is 44.4 Å². The number of rotatable bonds is 7. The third kappa shape index (κ3) is 3.85. The highest BCUT2D eigenvalue weighted by Crippen LogP contribution is 2.30. The van der Waals surface area contributed by atoms with Gasteiger partial charge in [-0.25, -0.2) is 0 Å². The lowest BCUT2D eigenvalue weighted by Crippen LogP contribution is -2.54.